The Labute approximate surface area is 120 Å². The number of amides is 1. The second-order valence-electron chi connectivity index (χ2n) is 6.73. The van der Waals surface area contributed by atoms with Crippen LogP contribution in [0.15, 0.2) is 12.3 Å². The normalized spacial score (nSPS) is 31.2. The van der Waals surface area contributed by atoms with Gasteiger partial charge in [0.2, 0.25) is 5.91 Å². The lowest BCUT2D eigenvalue weighted by atomic mass is 9.84. The highest BCUT2D eigenvalue weighted by Gasteiger charge is 2.42. The molecule has 1 amide bonds. The highest BCUT2D eigenvalue weighted by molar-refractivity contribution is 5.80. The van der Waals surface area contributed by atoms with E-state index in [2.05, 4.69) is 17.3 Å². The van der Waals surface area contributed by atoms with Crippen LogP contribution in [0.2, 0.25) is 0 Å². The summed E-state index contributed by atoms with van der Waals surface area (Å²) in [6, 6.07) is 1.99. The van der Waals surface area contributed by atoms with Gasteiger partial charge in [-0.2, -0.15) is 5.10 Å². The molecule has 0 aliphatic heterocycles. The number of rotatable bonds is 4. The van der Waals surface area contributed by atoms with E-state index in [0.717, 1.165) is 17.5 Å². The van der Waals surface area contributed by atoms with E-state index >= 15 is 0 Å². The first-order chi connectivity index (χ1) is 9.56. The second kappa shape index (κ2) is 5.23. The van der Waals surface area contributed by atoms with Gasteiger partial charge >= 0.3 is 0 Å². The van der Waals surface area contributed by atoms with Crippen LogP contribution in [0.3, 0.4) is 0 Å². The molecular weight excluding hydrogens is 250 g/mol. The van der Waals surface area contributed by atoms with Gasteiger partial charge in [0.1, 0.15) is 6.04 Å². The molecule has 1 N–H and O–H groups in total. The molecule has 2 fully saturated rings. The van der Waals surface area contributed by atoms with Crippen LogP contribution in [0, 0.1) is 24.7 Å². The molecule has 2 bridgehead atoms. The van der Waals surface area contributed by atoms with Gasteiger partial charge in [0.05, 0.1) is 0 Å². The van der Waals surface area contributed by atoms with Gasteiger partial charge in [-0.25, -0.2) is 0 Å². The standard InChI is InChI=1S/C16H25N3O/c1-10-6-7-17-19(10)12(3)16(20)18-11(2)15-9-13-4-5-14(15)8-13/h6-7,11-15H,4-5,8-9H2,1-3H3,(H,18,20)/t11-,12+,13-,14-,15-/m0/s1. The summed E-state index contributed by atoms with van der Waals surface area (Å²) in [6.07, 6.45) is 7.21. The Hall–Kier alpha value is -1.32. The van der Waals surface area contributed by atoms with E-state index in [1.54, 1.807) is 10.9 Å². The predicted molar refractivity (Wildman–Crippen MR) is 78.2 cm³/mol. The second-order valence-corrected chi connectivity index (χ2v) is 6.73. The Morgan fingerprint density at radius 3 is 2.75 bits per heavy atom. The third-order valence-electron chi connectivity index (χ3n) is 5.42. The molecule has 2 aliphatic carbocycles. The van der Waals surface area contributed by atoms with Gasteiger partial charge in [-0.3, -0.25) is 9.48 Å². The third-order valence-corrected chi connectivity index (χ3v) is 5.42. The summed E-state index contributed by atoms with van der Waals surface area (Å²) in [5.41, 5.74) is 1.03. The number of hydrogen-bond acceptors (Lipinski definition) is 2. The molecule has 1 aromatic rings. The van der Waals surface area contributed by atoms with Crippen molar-refractivity contribution in [2.75, 3.05) is 0 Å². The van der Waals surface area contributed by atoms with Crippen molar-refractivity contribution in [1.29, 1.82) is 0 Å². The zero-order chi connectivity index (χ0) is 14.3. The molecular formula is C16H25N3O. The van der Waals surface area contributed by atoms with Crippen LogP contribution < -0.4 is 5.32 Å². The van der Waals surface area contributed by atoms with Gasteiger partial charge in [-0.15, -0.1) is 0 Å². The van der Waals surface area contributed by atoms with E-state index in [1.807, 2.05) is 19.9 Å². The number of nitrogens with zero attached hydrogens (tertiary/aromatic N) is 2. The highest BCUT2D eigenvalue weighted by Crippen LogP contribution is 2.49. The van der Waals surface area contributed by atoms with Crippen molar-refractivity contribution in [3.05, 3.63) is 18.0 Å². The molecule has 110 valence electrons. The summed E-state index contributed by atoms with van der Waals surface area (Å²) in [5, 5.41) is 7.46. The van der Waals surface area contributed by atoms with E-state index in [9.17, 15) is 4.79 Å². The van der Waals surface area contributed by atoms with E-state index in [1.165, 1.54) is 25.7 Å². The molecule has 0 saturated heterocycles. The number of fused-ring (bicyclic) bond motifs is 2. The lowest BCUT2D eigenvalue weighted by Crippen LogP contribution is -2.43. The summed E-state index contributed by atoms with van der Waals surface area (Å²) in [6.45, 7) is 6.07. The predicted octanol–water partition coefficient (Wildman–Crippen LogP) is 2.69. The van der Waals surface area contributed by atoms with E-state index < -0.39 is 0 Å². The minimum Gasteiger partial charge on any atom is -0.352 e. The first kappa shape index (κ1) is 13.7. The lowest BCUT2D eigenvalue weighted by molar-refractivity contribution is -0.125. The minimum atomic E-state index is -0.231. The topological polar surface area (TPSA) is 46.9 Å². The number of nitrogens with one attached hydrogen (secondary N) is 1. The monoisotopic (exact) mass is 275 g/mol. The molecule has 3 rings (SSSR count). The summed E-state index contributed by atoms with van der Waals surface area (Å²) in [7, 11) is 0. The number of aryl methyl sites for hydroxylation is 1. The fraction of sp³-hybridized carbons (Fsp3) is 0.750. The summed E-state index contributed by atoms with van der Waals surface area (Å²) >= 11 is 0. The van der Waals surface area contributed by atoms with Crippen LogP contribution >= 0.6 is 0 Å². The Morgan fingerprint density at radius 2 is 2.20 bits per heavy atom. The van der Waals surface area contributed by atoms with Crippen molar-refractivity contribution < 1.29 is 4.79 Å². The Balaban J connectivity index is 1.60. The van der Waals surface area contributed by atoms with Gasteiger partial charge in [0, 0.05) is 17.9 Å². The summed E-state index contributed by atoms with van der Waals surface area (Å²) in [4.78, 5) is 12.4. The van der Waals surface area contributed by atoms with E-state index in [4.69, 9.17) is 0 Å². The molecule has 4 nitrogen and oxygen atoms in total. The maximum atomic E-state index is 12.4. The minimum absolute atomic E-state index is 0.0899. The average molecular weight is 275 g/mol. The molecule has 5 atom stereocenters. The van der Waals surface area contributed by atoms with Crippen LogP contribution in [-0.2, 0) is 4.79 Å². The quantitative estimate of drug-likeness (QED) is 0.918. The third kappa shape index (κ3) is 2.36. The molecule has 0 unspecified atom stereocenters. The van der Waals surface area contributed by atoms with Gasteiger partial charge in [-0.05, 0) is 63.9 Å². The molecule has 0 spiro atoms. The van der Waals surface area contributed by atoms with E-state index in [-0.39, 0.29) is 18.0 Å². The number of carbonyl (C=O) groups is 1. The maximum absolute atomic E-state index is 12.4. The first-order valence-corrected chi connectivity index (χ1v) is 7.86. The zero-order valence-corrected chi connectivity index (χ0v) is 12.7. The number of carbonyl (C=O) groups excluding carboxylic acids is 1. The first-order valence-electron chi connectivity index (χ1n) is 7.86. The van der Waals surface area contributed by atoms with Crippen molar-refractivity contribution in [1.82, 2.24) is 15.1 Å². The zero-order valence-electron chi connectivity index (χ0n) is 12.7. The Kier molecular flexibility index (Phi) is 3.57. The Bertz CT molecular complexity index is 496. The average Bonchev–Trinajstić information content (AvgIpc) is 3.13. The number of aromatic nitrogens is 2. The maximum Gasteiger partial charge on any atom is 0.244 e. The van der Waals surface area contributed by atoms with Crippen LogP contribution in [0.25, 0.3) is 0 Å². The van der Waals surface area contributed by atoms with Crippen LogP contribution in [-0.4, -0.2) is 21.7 Å². The molecule has 2 saturated carbocycles. The largest absolute Gasteiger partial charge is 0.352 e. The molecule has 0 radical (unpaired) electrons. The lowest BCUT2D eigenvalue weighted by Gasteiger charge is -2.29. The van der Waals surface area contributed by atoms with Crippen LogP contribution in [0.5, 0.6) is 0 Å². The molecule has 4 heteroatoms. The fourth-order valence-corrected chi connectivity index (χ4v) is 4.26. The SMILES string of the molecule is Cc1ccnn1[C@H](C)C(=O)N[C@@H](C)[C@@H]1C[C@H]2CC[C@H]1C2. The van der Waals surface area contributed by atoms with Gasteiger partial charge < -0.3 is 5.32 Å². The number of hydrogen-bond donors (Lipinski definition) is 1. The molecule has 1 heterocycles. The molecule has 0 aromatic carbocycles. The van der Waals surface area contributed by atoms with Gasteiger partial charge in [-0.1, -0.05) is 6.42 Å². The van der Waals surface area contributed by atoms with Gasteiger partial charge in [0.25, 0.3) is 0 Å². The molecule has 1 aromatic heterocycles. The smallest absolute Gasteiger partial charge is 0.244 e. The van der Waals surface area contributed by atoms with E-state index in [0.29, 0.717) is 5.92 Å². The van der Waals surface area contributed by atoms with Crippen LogP contribution in [0.1, 0.15) is 51.3 Å². The fourth-order valence-electron chi connectivity index (χ4n) is 4.26. The summed E-state index contributed by atoms with van der Waals surface area (Å²) in [5.74, 6) is 2.54. The van der Waals surface area contributed by atoms with Crippen LogP contribution in [0.4, 0.5) is 0 Å². The summed E-state index contributed by atoms with van der Waals surface area (Å²) < 4.78 is 1.79. The van der Waals surface area contributed by atoms with Gasteiger partial charge in [0.15, 0.2) is 0 Å². The van der Waals surface area contributed by atoms with Crippen molar-refractivity contribution in [3.63, 3.8) is 0 Å². The van der Waals surface area contributed by atoms with Crippen molar-refractivity contribution in [2.45, 2.75) is 58.5 Å². The van der Waals surface area contributed by atoms with Crippen molar-refractivity contribution >= 4 is 5.91 Å². The molecule has 20 heavy (non-hydrogen) atoms. The van der Waals surface area contributed by atoms with Crippen molar-refractivity contribution in [2.24, 2.45) is 17.8 Å². The molecule has 2 aliphatic rings. The van der Waals surface area contributed by atoms with Crippen molar-refractivity contribution in [3.8, 4) is 0 Å². The highest BCUT2D eigenvalue weighted by atomic mass is 16.2. The Morgan fingerprint density at radius 1 is 1.40 bits per heavy atom.